The number of para-hydroxylation sites is 1. The van der Waals surface area contributed by atoms with Crippen molar-refractivity contribution in [1.29, 1.82) is 0 Å². The lowest BCUT2D eigenvalue weighted by atomic mass is 10.1. The number of hydrazine groups is 1. The van der Waals surface area contributed by atoms with Gasteiger partial charge < -0.3 is 15.3 Å². The summed E-state index contributed by atoms with van der Waals surface area (Å²) in [7, 11) is 0. The second-order valence-electron chi connectivity index (χ2n) is 7.35. The number of halogens is 3. The largest absolute Gasteiger partial charge is 0.465 e. The number of hydrogen-bond acceptors (Lipinski definition) is 4. The third-order valence-electron chi connectivity index (χ3n) is 5.12. The SMILES string of the molecule is CCN(NC(=O)c1cn(-c2ccccc2)nc1C(F)(F)F)C(=O)N1CCC(NC(=O)O)CC1. The van der Waals surface area contributed by atoms with E-state index in [1.807, 2.05) is 0 Å². The van der Waals surface area contributed by atoms with Gasteiger partial charge in [-0.25, -0.2) is 19.3 Å². The Balaban J connectivity index is 1.74. The number of urea groups is 1. The van der Waals surface area contributed by atoms with Gasteiger partial charge >= 0.3 is 18.3 Å². The van der Waals surface area contributed by atoms with Crippen molar-refractivity contribution in [2.75, 3.05) is 19.6 Å². The van der Waals surface area contributed by atoms with Crippen LogP contribution in [0.4, 0.5) is 22.8 Å². The highest BCUT2D eigenvalue weighted by Crippen LogP contribution is 2.31. The summed E-state index contributed by atoms with van der Waals surface area (Å²) in [4.78, 5) is 37.7. The maximum Gasteiger partial charge on any atom is 0.435 e. The maximum atomic E-state index is 13.5. The van der Waals surface area contributed by atoms with Gasteiger partial charge in [0.2, 0.25) is 0 Å². The number of hydrogen-bond donors (Lipinski definition) is 3. The zero-order valence-electron chi connectivity index (χ0n) is 17.7. The smallest absolute Gasteiger partial charge is 0.435 e. The van der Waals surface area contributed by atoms with Crippen molar-refractivity contribution >= 4 is 18.0 Å². The molecule has 1 saturated heterocycles. The minimum absolute atomic E-state index is 0.00600. The third-order valence-corrected chi connectivity index (χ3v) is 5.12. The molecule has 4 amide bonds. The Morgan fingerprint density at radius 1 is 1.18 bits per heavy atom. The van der Waals surface area contributed by atoms with Crippen LogP contribution in [0.3, 0.4) is 0 Å². The number of benzene rings is 1. The number of aromatic nitrogens is 2. The zero-order valence-corrected chi connectivity index (χ0v) is 17.7. The molecule has 2 aromatic rings. The highest BCUT2D eigenvalue weighted by Gasteiger charge is 2.40. The second kappa shape index (κ2) is 9.79. The van der Waals surface area contributed by atoms with E-state index >= 15 is 0 Å². The standard InChI is InChI=1S/C20H23F3N6O4/c1-2-28(19(33)27-10-8-13(9-11-27)24-18(31)32)26-17(30)15-12-29(14-6-4-3-5-7-14)25-16(15)20(21,22)23/h3-7,12-13,24H,2,8-11H2,1H3,(H,26,30)(H,31,32). The van der Waals surface area contributed by atoms with Gasteiger partial charge in [0.05, 0.1) is 11.3 Å². The molecule has 33 heavy (non-hydrogen) atoms. The fourth-order valence-electron chi connectivity index (χ4n) is 3.47. The number of nitrogens with zero attached hydrogens (tertiary/aromatic N) is 4. The molecule has 1 fully saturated rings. The van der Waals surface area contributed by atoms with Crippen molar-refractivity contribution in [2.45, 2.75) is 32.0 Å². The van der Waals surface area contributed by atoms with Crippen LogP contribution in [0.2, 0.25) is 0 Å². The molecule has 10 nitrogen and oxygen atoms in total. The highest BCUT2D eigenvalue weighted by molar-refractivity contribution is 5.96. The number of amides is 4. The molecule has 3 N–H and O–H groups in total. The summed E-state index contributed by atoms with van der Waals surface area (Å²) >= 11 is 0. The molecule has 1 aliphatic heterocycles. The average molecular weight is 468 g/mol. The first kappa shape index (κ1) is 23.9. The van der Waals surface area contributed by atoms with Crippen molar-refractivity contribution in [3.63, 3.8) is 0 Å². The maximum absolute atomic E-state index is 13.5. The Morgan fingerprint density at radius 2 is 1.82 bits per heavy atom. The fourth-order valence-corrected chi connectivity index (χ4v) is 3.47. The lowest BCUT2D eigenvalue weighted by Crippen LogP contribution is -2.55. The van der Waals surface area contributed by atoms with Gasteiger partial charge in [0, 0.05) is 31.9 Å². The molecule has 1 aliphatic rings. The van der Waals surface area contributed by atoms with Crippen molar-refractivity contribution < 1.29 is 32.7 Å². The monoisotopic (exact) mass is 468 g/mol. The third kappa shape index (κ3) is 5.73. The molecule has 0 unspecified atom stereocenters. The van der Waals surface area contributed by atoms with E-state index in [1.54, 1.807) is 37.3 Å². The van der Waals surface area contributed by atoms with Gasteiger partial charge in [-0.1, -0.05) is 18.2 Å². The summed E-state index contributed by atoms with van der Waals surface area (Å²) < 4.78 is 41.6. The Bertz CT molecular complexity index is 1000. The van der Waals surface area contributed by atoms with E-state index in [9.17, 15) is 27.6 Å². The lowest BCUT2D eigenvalue weighted by Gasteiger charge is -2.35. The molecule has 3 rings (SSSR count). The number of likely N-dealkylation sites (tertiary alicyclic amines) is 1. The molecular formula is C20H23F3N6O4. The Hall–Kier alpha value is -3.77. The van der Waals surface area contributed by atoms with Crippen molar-refractivity contribution in [1.82, 2.24) is 30.4 Å². The number of carboxylic acid groups (broad SMARTS) is 1. The topological polar surface area (TPSA) is 120 Å². The predicted octanol–water partition coefficient (Wildman–Crippen LogP) is 2.71. The van der Waals surface area contributed by atoms with Crippen LogP contribution in [0, 0.1) is 0 Å². The number of nitrogens with one attached hydrogen (secondary N) is 2. The van der Waals surface area contributed by atoms with E-state index in [2.05, 4.69) is 15.8 Å². The molecule has 0 aliphatic carbocycles. The van der Waals surface area contributed by atoms with Crippen molar-refractivity contribution in [3.05, 3.63) is 47.8 Å². The summed E-state index contributed by atoms with van der Waals surface area (Å²) in [6.45, 7) is 2.03. The van der Waals surface area contributed by atoms with Crippen LogP contribution >= 0.6 is 0 Å². The van der Waals surface area contributed by atoms with E-state index in [1.165, 1.54) is 4.90 Å². The molecule has 0 bridgehead atoms. The van der Waals surface area contributed by atoms with Gasteiger partial charge in [-0.3, -0.25) is 10.2 Å². The number of carbonyl (C=O) groups is 3. The molecule has 1 aromatic heterocycles. The Kier molecular flexibility index (Phi) is 7.09. The fraction of sp³-hybridized carbons (Fsp3) is 0.400. The van der Waals surface area contributed by atoms with Crippen LogP contribution in [0.1, 0.15) is 35.8 Å². The van der Waals surface area contributed by atoms with Crippen LogP contribution in [0.25, 0.3) is 5.69 Å². The van der Waals surface area contributed by atoms with E-state index in [-0.39, 0.29) is 25.7 Å². The molecule has 2 heterocycles. The summed E-state index contributed by atoms with van der Waals surface area (Å²) in [5.74, 6) is -1.12. The van der Waals surface area contributed by atoms with Crippen molar-refractivity contribution in [3.8, 4) is 5.69 Å². The van der Waals surface area contributed by atoms with Gasteiger partial charge in [0.15, 0.2) is 5.69 Å². The minimum atomic E-state index is -4.88. The molecular weight excluding hydrogens is 445 g/mol. The van der Waals surface area contributed by atoms with Crippen molar-refractivity contribution in [2.24, 2.45) is 0 Å². The van der Waals surface area contributed by atoms with Crippen LogP contribution < -0.4 is 10.7 Å². The summed E-state index contributed by atoms with van der Waals surface area (Å²) in [5.41, 5.74) is 0.489. The van der Waals surface area contributed by atoms with E-state index in [4.69, 9.17) is 5.11 Å². The van der Waals surface area contributed by atoms with Gasteiger partial charge in [0.1, 0.15) is 0 Å². The first-order valence-electron chi connectivity index (χ1n) is 10.2. The van der Waals surface area contributed by atoms with E-state index in [0.717, 1.165) is 15.9 Å². The first-order valence-corrected chi connectivity index (χ1v) is 10.2. The van der Waals surface area contributed by atoms with Gasteiger partial charge in [0.25, 0.3) is 5.91 Å². The lowest BCUT2D eigenvalue weighted by molar-refractivity contribution is -0.141. The summed E-state index contributed by atoms with van der Waals surface area (Å²) in [6, 6.07) is 7.13. The average Bonchev–Trinajstić information content (AvgIpc) is 3.24. The molecule has 0 atom stereocenters. The Morgan fingerprint density at radius 3 is 2.36 bits per heavy atom. The van der Waals surface area contributed by atoms with Crippen LogP contribution in [-0.2, 0) is 6.18 Å². The molecule has 0 radical (unpaired) electrons. The van der Waals surface area contributed by atoms with Gasteiger partial charge in [-0.2, -0.15) is 18.3 Å². The van der Waals surface area contributed by atoms with Crippen LogP contribution in [-0.4, -0.2) is 68.5 Å². The zero-order chi connectivity index (χ0) is 24.2. The van der Waals surface area contributed by atoms with Crippen LogP contribution in [0.5, 0.6) is 0 Å². The van der Waals surface area contributed by atoms with Crippen LogP contribution in [0.15, 0.2) is 36.5 Å². The number of alkyl halides is 3. The van der Waals surface area contributed by atoms with Gasteiger partial charge in [-0.05, 0) is 31.9 Å². The quantitative estimate of drug-likeness (QED) is 0.596. The molecule has 178 valence electrons. The number of carbonyl (C=O) groups excluding carboxylic acids is 2. The first-order chi connectivity index (χ1) is 15.6. The van der Waals surface area contributed by atoms with Gasteiger partial charge in [-0.15, -0.1) is 0 Å². The predicted molar refractivity (Wildman–Crippen MR) is 110 cm³/mol. The molecule has 1 aromatic carbocycles. The summed E-state index contributed by atoms with van der Waals surface area (Å²) in [5, 5.41) is 15.6. The Labute approximate surface area is 186 Å². The van der Waals surface area contributed by atoms with E-state index in [0.29, 0.717) is 18.5 Å². The molecule has 13 heteroatoms. The molecule has 0 saturated carbocycles. The normalized spacial score (nSPS) is 14.6. The summed E-state index contributed by atoms with van der Waals surface area (Å²) in [6.07, 6.45) is -4.31. The molecule has 0 spiro atoms. The second-order valence-corrected chi connectivity index (χ2v) is 7.35. The number of piperidine rings is 1. The minimum Gasteiger partial charge on any atom is -0.465 e. The number of rotatable bonds is 4. The highest BCUT2D eigenvalue weighted by atomic mass is 19.4. The van der Waals surface area contributed by atoms with E-state index < -0.39 is 35.5 Å².